The summed E-state index contributed by atoms with van der Waals surface area (Å²) in [6, 6.07) is 13.4. The first-order chi connectivity index (χ1) is 17.7. The van der Waals surface area contributed by atoms with Crippen LogP contribution < -0.4 is 20.3 Å². The zero-order valence-corrected chi connectivity index (χ0v) is 21.1. The number of hydrogen-bond acceptors (Lipinski definition) is 6. The molecule has 0 radical (unpaired) electrons. The molecule has 192 valence electrons. The van der Waals surface area contributed by atoms with Crippen molar-refractivity contribution in [2.24, 2.45) is 5.73 Å². The minimum absolute atomic E-state index is 0.134. The number of piperidine rings is 1. The fourth-order valence-corrected chi connectivity index (χ4v) is 5.76. The van der Waals surface area contributed by atoms with Crippen LogP contribution in [0.15, 0.2) is 42.5 Å². The maximum atomic E-state index is 13.9. The van der Waals surface area contributed by atoms with Gasteiger partial charge in [0.1, 0.15) is 23.3 Å². The highest BCUT2D eigenvalue weighted by atomic mass is 16.5. The Labute approximate surface area is 215 Å². The molecular weight excluding hydrogens is 470 g/mol. The van der Waals surface area contributed by atoms with Gasteiger partial charge < -0.3 is 25.4 Å². The monoisotopic (exact) mass is 501 g/mol. The van der Waals surface area contributed by atoms with E-state index in [1.165, 1.54) is 0 Å². The van der Waals surface area contributed by atoms with E-state index in [0.29, 0.717) is 29.9 Å². The molecule has 0 saturated carbocycles. The predicted octanol–water partition coefficient (Wildman–Crippen LogP) is 3.20. The molecule has 1 saturated heterocycles. The van der Waals surface area contributed by atoms with Gasteiger partial charge in [0.15, 0.2) is 5.69 Å². The van der Waals surface area contributed by atoms with Gasteiger partial charge in [0.05, 0.1) is 5.69 Å². The van der Waals surface area contributed by atoms with Crippen LogP contribution in [0, 0.1) is 0 Å². The van der Waals surface area contributed by atoms with Gasteiger partial charge >= 0.3 is 0 Å². The number of aliphatic hydroxyl groups is 1. The second kappa shape index (κ2) is 8.62. The highest BCUT2D eigenvalue weighted by Crippen LogP contribution is 2.37. The van der Waals surface area contributed by atoms with Gasteiger partial charge in [0.2, 0.25) is 0 Å². The number of carbonyl (C=O) groups is 2. The lowest BCUT2D eigenvalue weighted by Crippen LogP contribution is -2.40. The normalized spacial score (nSPS) is 20.4. The molecule has 9 heteroatoms. The molecule has 1 fully saturated rings. The summed E-state index contributed by atoms with van der Waals surface area (Å²) in [4.78, 5) is 29.8. The van der Waals surface area contributed by atoms with Crippen LogP contribution in [0.3, 0.4) is 0 Å². The van der Waals surface area contributed by atoms with Crippen LogP contribution in [0.25, 0.3) is 5.69 Å². The topological polar surface area (TPSA) is 114 Å². The van der Waals surface area contributed by atoms with Crippen LogP contribution >= 0.6 is 0 Å². The fraction of sp³-hybridized carbons (Fsp3) is 0.393. The van der Waals surface area contributed by atoms with Crippen LogP contribution in [0.1, 0.15) is 65.2 Å². The summed E-state index contributed by atoms with van der Waals surface area (Å²) in [7, 11) is 0. The second-order valence-corrected chi connectivity index (χ2v) is 10.7. The van der Waals surface area contributed by atoms with Gasteiger partial charge in [-0.2, -0.15) is 5.10 Å². The van der Waals surface area contributed by atoms with Crippen LogP contribution in [-0.2, 0) is 12.8 Å². The second-order valence-electron chi connectivity index (χ2n) is 10.7. The van der Waals surface area contributed by atoms with Crippen molar-refractivity contribution in [3.05, 3.63) is 65.0 Å². The number of primary amides is 1. The van der Waals surface area contributed by atoms with E-state index in [1.54, 1.807) is 9.58 Å². The van der Waals surface area contributed by atoms with Crippen molar-refractivity contribution in [1.29, 1.82) is 0 Å². The van der Waals surface area contributed by atoms with E-state index in [2.05, 4.69) is 5.10 Å². The SMILES string of the molecule is CC1(C)Cc2cc(-n3nc(C(N)=O)c4c3C(=O)N(c3ccc(N5CCCCC5O)cc3)CC4)ccc2O1. The number of nitrogens with zero attached hydrogens (tertiary/aromatic N) is 4. The molecule has 0 spiro atoms. The van der Waals surface area contributed by atoms with Gasteiger partial charge in [-0.05, 0) is 82.0 Å². The Morgan fingerprint density at radius 1 is 1.08 bits per heavy atom. The molecule has 1 atom stereocenters. The summed E-state index contributed by atoms with van der Waals surface area (Å²) in [5.41, 5.74) is 9.84. The first kappa shape index (κ1) is 23.5. The number of aliphatic hydroxyl groups excluding tert-OH is 1. The lowest BCUT2D eigenvalue weighted by molar-refractivity contribution is 0.0972. The number of hydrogen-bond donors (Lipinski definition) is 2. The van der Waals surface area contributed by atoms with Crippen molar-refractivity contribution in [2.45, 2.75) is 57.8 Å². The Hall–Kier alpha value is -3.85. The van der Waals surface area contributed by atoms with Gasteiger partial charge in [0.25, 0.3) is 11.8 Å². The maximum absolute atomic E-state index is 13.9. The number of ether oxygens (including phenoxy) is 1. The first-order valence-electron chi connectivity index (χ1n) is 12.8. The molecule has 2 amide bonds. The molecule has 3 aromatic rings. The average molecular weight is 502 g/mol. The number of benzene rings is 2. The van der Waals surface area contributed by atoms with Crippen molar-refractivity contribution >= 4 is 23.2 Å². The molecule has 0 aliphatic carbocycles. The summed E-state index contributed by atoms with van der Waals surface area (Å²) < 4.78 is 7.55. The third-order valence-electron chi connectivity index (χ3n) is 7.51. The Morgan fingerprint density at radius 3 is 2.54 bits per heavy atom. The van der Waals surface area contributed by atoms with Crippen LogP contribution in [-0.4, -0.2) is 51.6 Å². The molecule has 3 aliphatic rings. The van der Waals surface area contributed by atoms with E-state index in [4.69, 9.17) is 10.5 Å². The van der Waals surface area contributed by atoms with Crippen LogP contribution in [0.2, 0.25) is 0 Å². The summed E-state index contributed by atoms with van der Waals surface area (Å²) in [6.07, 6.45) is 3.55. The largest absolute Gasteiger partial charge is 0.487 e. The first-order valence-corrected chi connectivity index (χ1v) is 12.8. The quantitative estimate of drug-likeness (QED) is 0.568. The molecule has 9 nitrogen and oxygen atoms in total. The van der Waals surface area contributed by atoms with Gasteiger partial charge in [-0.25, -0.2) is 4.68 Å². The van der Waals surface area contributed by atoms with E-state index < -0.39 is 12.1 Å². The molecule has 37 heavy (non-hydrogen) atoms. The number of carbonyl (C=O) groups excluding carboxylic acids is 2. The zero-order valence-electron chi connectivity index (χ0n) is 21.1. The van der Waals surface area contributed by atoms with E-state index in [-0.39, 0.29) is 17.2 Å². The Balaban J connectivity index is 1.35. The predicted molar refractivity (Wildman–Crippen MR) is 140 cm³/mol. The minimum Gasteiger partial charge on any atom is -0.487 e. The highest BCUT2D eigenvalue weighted by molar-refractivity contribution is 6.09. The highest BCUT2D eigenvalue weighted by Gasteiger charge is 2.36. The van der Waals surface area contributed by atoms with Gasteiger partial charge in [-0.3, -0.25) is 9.59 Å². The lowest BCUT2D eigenvalue weighted by Gasteiger charge is -2.34. The molecule has 3 aliphatic heterocycles. The summed E-state index contributed by atoms with van der Waals surface area (Å²) in [5, 5.41) is 14.9. The Morgan fingerprint density at radius 2 is 1.81 bits per heavy atom. The van der Waals surface area contributed by atoms with E-state index in [9.17, 15) is 14.7 Å². The standard InChI is InChI=1S/C28H31N5O4/c1-28(2)16-17-15-20(10-11-22(17)37-28)33-25-21(24(30-33)26(29)35)12-14-32(27(25)36)19-8-6-18(7-9-19)31-13-4-3-5-23(31)34/h6-11,15,23,34H,3-5,12-14,16H2,1-2H3,(H2,29,35). The van der Waals surface area contributed by atoms with Crippen molar-refractivity contribution in [3.63, 3.8) is 0 Å². The molecule has 6 rings (SSSR count). The van der Waals surface area contributed by atoms with Crippen molar-refractivity contribution in [3.8, 4) is 11.4 Å². The molecule has 4 heterocycles. The molecule has 0 bridgehead atoms. The maximum Gasteiger partial charge on any atom is 0.277 e. The van der Waals surface area contributed by atoms with Gasteiger partial charge in [-0.1, -0.05) is 0 Å². The smallest absolute Gasteiger partial charge is 0.277 e. The third kappa shape index (κ3) is 4.03. The summed E-state index contributed by atoms with van der Waals surface area (Å²) in [6.45, 7) is 5.29. The minimum atomic E-state index is -0.647. The lowest BCUT2D eigenvalue weighted by atomic mass is 10.0. The third-order valence-corrected chi connectivity index (χ3v) is 7.51. The van der Waals surface area contributed by atoms with Gasteiger partial charge in [0, 0.05) is 42.0 Å². The van der Waals surface area contributed by atoms with Gasteiger partial charge in [-0.15, -0.1) is 0 Å². The van der Waals surface area contributed by atoms with E-state index in [0.717, 1.165) is 54.9 Å². The summed E-state index contributed by atoms with van der Waals surface area (Å²) >= 11 is 0. The molecule has 1 aromatic heterocycles. The van der Waals surface area contributed by atoms with Crippen molar-refractivity contribution in [2.75, 3.05) is 22.9 Å². The molecule has 1 unspecified atom stereocenters. The zero-order chi connectivity index (χ0) is 25.9. The number of aromatic nitrogens is 2. The number of fused-ring (bicyclic) bond motifs is 2. The fourth-order valence-electron chi connectivity index (χ4n) is 5.76. The average Bonchev–Trinajstić information content (AvgIpc) is 3.41. The molecule has 3 N–H and O–H groups in total. The van der Waals surface area contributed by atoms with E-state index in [1.807, 2.05) is 61.2 Å². The van der Waals surface area contributed by atoms with Crippen LogP contribution in [0.4, 0.5) is 11.4 Å². The number of rotatable bonds is 4. The van der Waals surface area contributed by atoms with Crippen molar-refractivity contribution < 1.29 is 19.4 Å². The van der Waals surface area contributed by atoms with Crippen LogP contribution in [0.5, 0.6) is 5.75 Å². The molecular formula is C28H31N5O4. The number of amides is 2. The Kier molecular flexibility index (Phi) is 5.49. The van der Waals surface area contributed by atoms with Crippen molar-refractivity contribution in [1.82, 2.24) is 9.78 Å². The Bertz CT molecular complexity index is 1390. The number of nitrogens with two attached hydrogens (primary N) is 1. The van der Waals surface area contributed by atoms with E-state index >= 15 is 0 Å². The number of anilines is 2. The molecule has 2 aromatic carbocycles. The summed E-state index contributed by atoms with van der Waals surface area (Å²) in [5.74, 6) is -0.0628.